The first-order valence-electron chi connectivity index (χ1n) is 3.91. The number of aromatic nitrogens is 4. The van der Waals surface area contributed by atoms with Gasteiger partial charge in [0.25, 0.3) is 0 Å². The third-order valence-electron chi connectivity index (χ3n) is 1.61. The molecule has 0 aromatic carbocycles. The van der Waals surface area contributed by atoms with Gasteiger partial charge >= 0.3 is 0 Å². The highest BCUT2D eigenvalue weighted by molar-refractivity contribution is 5.50. The zero-order chi connectivity index (χ0) is 9.10. The largest absolute Gasteiger partial charge is 0.261 e. The number of nitrogens with zero attached hydrogens (tertiary/aromatic N) is 4. The van der Waals surface area contributed by atoms with E-state index in [-0.39, 0.29) is 0 Å². The molecule has 0 amide bonds. The molecule has 0 fully saturated rings. The Morgan fingerprint density at radius 3 is 2.31 bits per heavy atom. The number of aryl methyl sites for hydroxylation is 1. The average Bonchev–Trinajstić information content (AvgIpc) is 2.20. The molecule has 4 nitrogen and oxygen atoms in total. The summed E-state index contributed by atoms with van der Waals surface area (Å²) in [4.78, 5) is 16.4. The SMILES string of the molecule is Cc1cnc(-c2cnccn2)cn1. The smallest absolute Gasteiger partial charge is 0.108 e. The van der Waals surface area contributed by atoms with E-state index in [0.29, 0.717) is 0 Å². The van der Waals surface area contributed by atoms with Crippen LogP contribution in [0, 0.1) is 6.92 Å². The van der Waals surface area contributed by atoms with Crippen molar-refractivity contribution in [3.05, 3.63) is 36.7 Å². The highest BCUT2D eigenvalue weighted by atomic mass is 14.8. The zero-order valence-electron chi connectivity index (χ0n) is 7.18. The average molecular weight is 172 g/mol. The van der Waals surface area contributed by atoms with Gasteiger partial charge in [-0.3, -0.25) is 19.9 Å². The van der Waals surface area contributed by atoms with Crippen molar-refractivity contribution in [2.75, 3.05) is 0 Å². The van der Waals surface area contributed by atoms with Crippen LogP contribution in [0.5, 0.6) is 0 Å². The van der Waals surface area contributed by atoms with Crippen LogP contribution in [-0.4, -0.2) is 19.9 Å². The molecule has 0 aliphatic rings. The first kappa shape index (κ1) is 7.79. The summed E-state index contributed by atoms with van der Waals surface area (Å²) in [6.45, 7) is 1.90. The molecule has 2 rings (SSSR count). The highest BCUT2D eigenvalue weighted by Crippen LogP contribution is 2.09. The fourth-order valence-electron chi connectivity index (χ4n) is 0.956. The molecule has 0 unspecified atom stereocenters. The molecule has 0 N–H and O–H groups in total. The molecule has 0 saturated heterocycles. The molecule has 0 aliphatic carbocycles. The molecule has 64 valence electrons. The van der Waals surface area contributed by atoms with Crippen molar-refractivity contribution in [3.8, 4) is 11.4 Å². The van der Waals surface area contributed by atoms with Gasteiger partial charge in [0.1, 0.15) is 11.4 Å². The van der Waals surface area contributed by atoms with Crippen LogP contribution in [0.15, 0.2) is 31.0 Å². The first-order valence-corrected chi connectivity index (χ1v) is 3.91. The lowest BCUT2D eigenvalue weighted by Crippen LogP contribution is -1.90. The van der Waals surface area contributed by atoms with Gasteiger partial charge < -0.3 is 0 Å². The molecule has 2 heterocycles. The van der Waals surface area contributed by atoms with Crippen LogP contribution >= 0.6 is 0 Å². The Balaban J connectivity index is 2.42. The molecular weight excluding hydrogens is 164 g/mol. The molecule has 0 bridgehead atoms. The van der Waals surface area contributed by atoms with Crippen LogP contribution in [0.1, 0.15) is 5.69 Å². The minimum absolute atomic E-state index is 0.745. The van der Waals surface area contributed by atoms with Crippen LogP contribution < -0.4 is 0 Å². The molecule has 2 aromatic rings. The van der Waals surface area contributed by atoms with Crippen LogP contribution in [-0.2, 0) is 0 Å². The third-order valence-corrected chi connectivity index (χ3v) is 1.61. The lowest BCUT2D eigenvalue weighted by molar-refractivity contribution is 1.10. The summed E-state index contributed by atoms with van der Waals surface area (Å²) in [5.74, 6) is 0. The van der Waals surface area contributed by atoms with E-state index in [1.54, 1.807) is 31.0 Å². The summed E-state index contributed by atoms with van der Waals surface area (Å²) in [5.41, 5.74) is 2.39. The lowest BCUT2D eigenvalue weighted by atomic mass is 10.3. The Morgan fingerprint density at radius 1 is 0.846 bits per heavy atom. The maximum Gasteiger partial charge on any atom is 0.108 e. The van der Waals surface area contributed by atoms with Gasteiger partial charge in [-0.15, -0.1) is 0 Å². The van der Waals surface area contributed by atoms with E-state index in [4.69, 9.17) is 0 Å². The molecule has 0 spiro atoms. The van der Waals surface area contributed by atoms with Gasteiger partial charge in [-0.05, 0) is 6.92 Å². The summed E-state index contributed by atoms with van der Waals surface area (Å²) in [6, 6.07) is 0. The number of rotatable bonds is 1. The Bertz CT molecular complexity index is 382. The van der Waals surface area contributed by atoms with E-state index in [1.807, 2.05) is 6.92 Å². The van der Waals surface area contributed by atoms with Crippen LogP contribution in [0.2, 0.25) is 0 Å². The predicted octanol–water partition coefficient (Wildman–Crippen LogP) is 1.24. The molecule has 0 radical (unpaired) electrons. The Labute approximate surface area is 75.7 Å². The van der Waals surface area contributed by atoms with Gasteiger partial charge in [0.2, 0.25) is 0 Å². The van der Waals surface area contributed by atoms with Gasteiger partial charge in [0.05, 0.1) is 18.1 Å². The quantitative estimate of drug-likeness (QED) is 0.649. The summed E-state index contributed by atoms with van der Waals surface area (Å²) >= 11 is 0. The third kappa shape index (κ3) is 1.66. The molecule has 0 aliphatic heterocycles. The summed E-state index contributed by atoms with van der Waals surface area (Å²) in [7, 11) is 0. The maximum absolute atomic E-state index is 4.18. The van der Waals surface area contributed by atoms with Gasteiger partial charge in [-0.1, -0.05) is 0 Å². The van der Waals surface area contributed by atoms with E-state index in [2.05, 4.69) is 19.9 Å². The van der Waals surface area contributed by atoms with E-state index < -0.39 is 0 Å². The van der Waals surface area contributed by atoms with Crippen molar-refractivity contribution in [3.63, 3.8) is 0 Å². The van der Waals surface area contributed by atoms with Crippen LogP contribution in [0.4, 0.5) is 0 Å². The molecule has 2 aromatic heterocycles. The summed E-state index contributed by atoms with van der Waals surface area (Å²) in [6.07, 6.45) is 8.34. The predicted molar refractivity (Wildman–Crippen MR) is 47.8 cm³/mol. The second-order valence-corrected chi connectivity index (χ2v) is 2.63. The van der Waals surface area contributed by atoms with Gasteiger partial charge in [-0.25, -0.2) is 0 Å². The van der Waals surface area contributed by atoms with Gasteiger partial charge in [0.15, 0.2) is 0 Å². The lowest BCUT2D eigenvalue weighted by Gasteiger charge is -1.97. The second-order valence-electron chi connectivity index (χ2n) is 2.63. The molecular formula is C9H8N4. The van der Waals surface area contributed by atoms with Crippen molar-refractivity contribution < 1.29 is 0 Å². The number of hydrogen-bond donors (Lipinski definition) is 0. The molecule has 13 heavy (non-hydrogen) atoms. The number of hydrogen-bond acceptors (Lipinski definition) is 4. The van der Waals surface area contributed by atoms with Crippen molar-refractivity contribution in [2.24, 2.45) is 0 Å². The molecule has 0 atom stereocenters. The van der Waals surface area contributed by atoms with Gasteiger partial charge in [-0.2, -0.15) is 0 Å². The topological polar surface area (TPSA) is 51.6 Å². The van der Waals surface area contributed by atoms with Crippen molar-refractivity contribution in [1.29, 1.82) is 0 Å². The van der Waals surface area contributed by atoms with E-state index in [1.165, 1.54) is 0 Å². The minimum atomic E-state index is 0.745. The second kappa shape index (κ2) is 3.26. The summed E-state index contributed by atoms with van der Waals surface area (Å²) < 4.78 is 0. The fourth-order valence-corrected chi connectivity index (χ4v) is 0.956. The van der Waals surface area contributed by atoms with Crippen molar-refractivity contribution >= 4 is 0 Å². The van der Waals surface area contributed by atoms with Gasteiger partial charge in [0, 0.05) is 18.6 Å². The van der Waals surface area contributed by atoms with Crippen LogP contribution in [0.25, 0.3) is 11.4 Å². The first-order chi connectivity index (χ1) is 6.36. The Morgan fingerprint density at radius 2 is 1.69 bits per heavy atom. The zero-order valence-corrected chi connectivity index (χ0v) is 7.18. The van der Waals surface area contributed by atoms with Crippen molar-refractivity contribution in [2.45, 2.75) is 6.92 Å². The Kier molecular flexibility index (Phi) is 1.96. The van der Waals surface area contributed by atoms with E-state index >= 15 is 0 Å². The normalized spacial score (nSPS) is 9.92. The Hall–Kier alpha value is -1.84. The standard InChI is InChI=1S/C9H8N4/c1-7-4-13-9(6-12-7)8-5-10-2-3-11-8/h2-6H,1H3. The fraction of sp³-hybridized carbons (Fsp3) is 0.111. The maximum atomic E-state index is 4.18. The van der Waals surface area contributed by atoms with E-state index in [0.717, 1.165) is 17.1 Å². The monoisotopic (exact) mass is 172 g/mol. The summed E-state index contributed by atoms with van der Waals surface area (Å²) in [5, 5.41) is 0. The molecule has 4 heteroatoms. The van der Waals surface area contributed by atoms with E-state index in [9.17, 15) is 0 Å². The molecule has 0 saturated carbocycles. The highest BCUT2D eigenvalue weighted by Gasteiger charge is 1.99. The van der Waals surface area contributed by atoms with Crippen LogP contribution in [0.3, 0.4) is 0 Å². The van der Waals surface area contributed by atoms with Crippen molar-refractivity contribution in [1.82, 2.24) is 19.9 Å². The minimum Gasteiger partial charge on any atom is -0.261 e.